The number of thioether (sulfide) groups is 1. The predicted molar refractivity (Wildman–Crippen MR) is 105 cm³/mol. The number of ether oxygens (including phenoxy) is 1. The van der Waals surface area contributed by atoms with Crippen molar-refractivity contribution in [3.63, 3.8) is 0 Å². The lowest BCUT2D eigenvalue weighted by atomic mass is 10.2. The molecule has 0 amide bonds. The van der Waals surface area contributed by atoms with E-state index in [2.05, 4.69) is 15.2 Å². The average Bonchev–Trinajstić information content (AvgIpc) is 3.06. The molecule has 0 fully saturated rings. The van der Waals surface area contributed by atoms with Crippen molar-refractivity contribution in [1.29, 1.82) is 0 Å². The Morgan fingerprint density at radius 2 is 2.11 bits per heavy atom. The largest absolute Gasteiger partial charge is 0.489 e. The van der Waals surface area contributed by atoms with Gasteiger partial charge in [0, 0.05) is 10.6 Å². The average molecular weight is 402 g/mol. The number of aliphatic carboxylic acids is 1. The lowest BCUT2D eigenvalue weighted by molar-refractivity contribution is -0.131. The number of halogens is 1. The molecular formula is C19H16ClN3O3S. The molecule has 1 heterocycles. The van der Waals surface area contributed by atoms with Gasteiger partial charge in [0.1, 0.15) is 23.1 Å². The molecule has 0 atom stereocenters. The molecular weight excluding hydrogens is 386 g/mol. The minimum Gasteiger partial charge on any atom is -0.489 e. The van der Waals surface area contributed by atoms with Crippen molar-refractivity contribution in [1.82, 2.24) is 15.2 Å². The fourth-order valence-electron chi connectivity index (χ4n) is 2.22. The number of hydrogen-bond acceptors (Lipinski definition) is 5. The molecule has 3 rings (SSSR count). The van der Waals surface area contributed by atoms with Crippen LogP contribution in [-0.4, -0.2) is 26.3 Å². The fraction of sp³-hybridized carbons (Fsp3) is 0.105. The number of carbonyl (C=O) groups is 1. The Morgan fingerprint density at radius 3 is 2.81 bits per heavy atom. The summed E-state index contributed by atoms with van der Waals surface area (Å²) in [4.78, 5) is 15.8. The molecule has 3 aromatic rings. The number of nitrogens with zero attached hydrogens (tertiary/aromatic N) is 2. The first kappa shape index (κ1) is 19.0. The van der Waals surface area contributed by atoms with Gasteiger partial charge in [-0.2, -0.15) is 0 Å². The van der Waals surface area contributed by atoms with E-state index >= 15 is 0 Å². The van der Waals surface area contributed by atoms with E-state index in [0.717, 1.165) is 17.3 Å². The van der Waals surface area contributed by atoms with Crippen LogP contribution in [0.15, 0.2) is 58.6 Å². The number of aromatic amines is 1. The number of carboxylic acid groups (broad SMARTS) is 1. The zero-order valence-corrected chi connectivity index (χ0v) is 15.9. The Morgan fingerprint density at radius 1 is 1.30 bits per heavy atom. The maximum absolute atomic E-state index is 11.5. The molecule has 0 unspecified atom stereocenters. The normalized spacial score (nSPS) is 11.4. The van der Waals surface area contributed by atoms with E-state index in [1.54, 1.807) is 43.3 Å². The van der Waals surface area contributed by atoms with Gasteiger partial charge in [0.05, 0.1) is 0 Å². The Labute approximate surface area is 165 Å². The third kappa shape index (κ3) is 5.35. The topological polar surface area (TPSA) is 88.1 Å². The predicted octanol–water partition coefficient (Wildman–Crippen LogP) is 4.56. The Balaban J connectivity index is 1.75. The molecule has 0 aliphatic heterocycles. The summed E-state index contributed by atoms with van der Waals surface area (Å²) < 4.78 is 5.78. The first-order valence-corrected chi connectivity index (χ1v) is 9.19. The Hall–Kier alpha value is -2.77. The highest BCUT2D eigenvalue weighted by atomic mass is 35.5. The van der Waals surface area contributed by atoms with Crippen LogP contribution in [0.5, 0.6) is 5.75 Å². The maximum Gasteiger partial charge on any atom is 0.342 e. The van der Waals surface area contributed by atoms with Crippen molar-refractivity contribution in [3.05, 3.63) is 75.4 Å². The maximum atomic E-state index is 11.5. The fourth-order valence-corrected chi connectivity index (χ4v) is 3.17. The van der Waals surface area contributed by atoms with E-state index in [1.165, 1.54) is 0 Å². The van der Waals surface area contributed by atoms with Gasteiger partial charge in [-0.1, -0.05) is 41.9 Å². The molecule has 0 aliphatic rings. The number of hydrogen-bond donors (Lipinski definition) is 2. The summed E-state index contributed by atoms with van der Waals surface area (Å²) in [6.07, 6.45) is 1.56. The van der Waals surface area contributed by atoms with Crippen LogP contribution in [0, 0.1) is 6.92 Å². The molecule has 0 bridgehead atoms. The highest BCUT2D eigenvalue weighted by molar-refractivity contribution is 8.04. The van der Waals surface area contributed by atoms with Crippen LogP contribution in [-0.2, 0) is 11.4 Å². The van der Waals surface area contributed by atoms with Crippen LogP contribution in [0.4, 0.5) is 0 Å². The van der Waals surface area contributed by atoms with Gasteiger partial charge in [-0.3, -0.25) is 5.10 Å². The number of H-pyrrole nitrogens is 1. The molecule has 2 aromatic carbocycles. The van der Waals surface area contributed by atoms with Crippen LogP contribution < -0.4 is 4.74 Å². The minimum absolute atomic E-state index is 0.109. The summed E-state index contributed by atoms with van der Waals surface area (Å²) in [5, 5.41) is 17.1. The second kappa shape index (κ2) is 8.75. The van der Waals surface area contributed by atoms with Crippen molar-refractivity contribution >= 4 is 35.4 Å². The number of carboxylic acids is 1. The molecule has 8 heteroatoms. The highest BCUT2D eigenvalue weighted by Gasteiger charge is 2.13. The molecule has 6 nitrogen and oxygen atoms in total. The van der Waals surface area contributed by atoms with Crippen molar-refractivity contribution in [2.75, 3.05) is 0 Å². The Kier molecular flexibility index (Phi) is 6.16. The van der Waals surface area contributed by atoms with Gasteiger partial charge in [-0.15, -0.1) is 5.10 Å². The molecule has 2 N–H and O–H groups in total. The van der Waals surface area contributed by atoms with E-state index in [0.29, 0.717) is 33.9 Å². The second-order valence-corrected chi connectivity index (χ2v) is 6.99. The van der Waals surface area contributed by atoms with E-state index < -0.39 is 5.97 Å². The Bertz CT molecular complexity index is 988. The standard InChI is InChI=1S/C19H16ClN3O3S/c1-12-21-19(23-22-12)27-17(18(24)25)10-13-5-4-7-15(9-13)26-11-14-6-2-3-8-16(14)20/h2-10H,11H2,1H3,(H,24,25)(H,21,22,23)/b17-10+. The van der Waals surface area contributed by atoms with Crippen LogP contribution in [0.2, 0.25) is 5.02 Å². The van der Waals surface area contributed by atoms with Gasteiger partial charge in [-0.05, 0) is 48.5 Å². The second-order valence-electron chi connectivity index (χ2n) is 5.57. The molecule has 27 heavy (non-hydrogen) atoms. The summed E-state index contributed by atoms with van der Waals surface area (Å²) in [5.41, 5.74) is 1.57. The third-order valence-corrected chi connectivity index (χ3v) is 4.74. The molecule has 0 spiro atoms. The zero-order valence-electron chi connectivity index (χ0n) is 14.3. The number of aryl methyl sites for hydroxylation is 1. The summed E-state index contributed by atoms with van der Waals surface area (Å²) in [7, 11) is 0. The minimum atomic E-state index is -1.05. The summed E-state index contributed by atoms with van der Waals surface area (Å²) in [6, 6.07) is 14.6. The van der Waals surface area contributed by atoms with Gasteiger partial charge >= 0.3 is 5.97 Å². The lowest BCUT2D eigenvalue weighted by Gasteiger charge is -2.08. The smallest absolute Gasteiger partial charge is 0.342 e. The van der Waals surface area contributed by atoms with Crippen molar-refractivity contribution in [2.24, 2.45) is 0 Å². The molecule has 1 aromatic heterocycles. The van der Waals surface area contributed by atoms with Crippen LogP contribution in [0.25, 0.3) is 6.08 Å². The summed E-state index contributed by atoms with van der Waals surface area (Å²) in [6.45, 7) is 2.07. The van der Waals surface area contributed by atoms with Gasteiger partial charge in [0.2, 0.25) is 5.16 Å². The first-order chi connectivity index (χ1) is 13.0. The SMILES string of the molecule is Cc1nc(S/C(=C/c2cccc(OCc3ccccc3Cl)c2)C(=O)O)n[nH]1. The van der Waals surface area contributed by atoms with Crippen LogP contribution >= 0.6 is 23.4 Å². The third-order valence-electron chi connectivity index (χ3n) is 3.50. The van der Waals surface area contributed by atoms with Crippen molar-refractivity contribution < 1.29 is 14.6 Å². The number of rotatable bonds is 7. The zero-order chi connectivity index (χ0) is 19.2. The van der Waals surface area contributed by atoms with Gasteiger partial charge in [-0.25, -0.2) is 9.78 Å². The van der Waals surface area contributed by atoms with E-state index in [1.807, 2.05) is 18.2 Å². The number of benzene rings is 2. The van der Waals surface area contributed by atoms with Crippen molar-refractivity contribution in [3.8, 4) is 5.75 Å². The van der Waals surface area contributed by atoms with Gasteiger partial charge in [0.25, 0.3) is 0 Å². The molecule has 0 aliphatic carbocycles. The monoisotopic (exact) mass is 401 g/mol. The molecule has 0 saturated heterocycles. The lowest BCUT2D eigenvalue weighted by Crippen LogP contribution is -1.98. The summed E-state index contributed by atoms with van der Waals surface area (Å²) >= 11 is 7.11. The highest BCUT2D eigenvalue weighted by Crippen LogP contribution is 2.27. The first-order valence-electron chi connectivity index (χ1n) is 7.99. The quantitative estimate of drug-likeness (QED) is 0.445. The van der Waals surface area contributed by atoms with E-state index in [-0.39, 0.29) is 4.91 Å². The van der Waals surface area contributed by atoms with Crippen LogP contribution in [0.1, 0.15) is 17.0 Å². The number of aromatic nitrogens is 3. The van der Waals surface area contributed by atoms with Gasteiger partial charge in [0.15, 0.2) is 0 Å². The van der Waals surface area contributed by atoms with Crippen molar-refractivity contribution in [2.45, 2.75) is 18.7 Å². The van der Waals surface area contributed by atoms with Gasteiger partial charge < -0.3 is 9.84 Å². The summed E-state index contributed by atoms with van der Waals surface area (Å²) in [5.74, 6) is 0.189. The molecule has 0 radical (unpaired) electrons. The van der Waals surface area contributed by atoms with E-state index in [4.69, 9.17) is 16.3 Å². The van der Waals surface area contributed by atoms with E-state index in [9.17, 15) is 9.90 Å². The number of nitrogens with one attached hydrogen (secondary N) is 1. The molecule has 138 valence electrons. The molecule has 0 saturated carbocycles. The van der Waals surface area contributed by atoms with Crippen LogP contribution in [0.3, 0.4) is 0 Å².